The van der Waals surface area contributed by atoms with Gasteiger partial charge in [0, 0.05) is 18.0 Å². The third-order valence-electron chi connectivity index (χ3n) is 3.79. The van der Waals surface area contributed by atoms with Crippen molar-refractivity contribution in [1.29, 1.82) is 0 Å². The maximum Gasteiger partial charge on any atom is 0.263 e. The predicted octanol–water partition coefficient (Wildman–Crippen LogP) is 3.49. The molecule has 0 bridgehead atoms. The molecule has 1 aromatic rings. The first kappa shape index (κ1) is 12.6. The fourth-order valence-electron chi connectivity index (χ4n) is 2.23. The van der Waals surface area contributed by atoms with Crippen LogP contribution in [0.1, 0.15) is 46.8 Å². The number of rotatable bonds is 4. The van der Waals surface area contributed by atoms with Gasteiger partial charge in [0.1, 0.15) is 0 Å². The molecule has 0 aliphatic heterocycles. The molecule has 1 saturated carbocycles. The first-order chi connectivity index (χ1) is 8.04. The summed E-state index contributed by atoms with van der Waals surface area (Å²) >= 11 is 1.65. The van der Waals surface area contributed by atoms with Gasteiger partial charge < -0.3 is 4.90 Å². The summed E-state index contributed by atoms with van der Waals surface area (Å²) in [5.41, 5.74) is 1.26. The first-order valence-corrected chi connectivity index (χ1v) is 7.22. The molecule has 1 atom stereocenters. The van der Waals surface area contributed by atoms with Crippen LogP contribution >= 0.6 is 11.3 Å². The molecule has 17 heavy (non-hydrogen) atoms. The lowest BCUT2D eigenvalue weighted by Crippen LogP contribution is -2.35. The molecule has 1 unspecified atom stereocenters. The second-order valence-electron chi connectivity index (χ2n) is 5.06. The van der Waals surface area contributed by atoms with E-state index in [1.807, 2.05) is 18.0 Å². The van der Waals surface area contributed by atoms with E-state index in [1.54, 1.807) is 11.3 Å². The van der Waals surface area contributed by atoms with Crippen molar-refractivity contribution in [1.82, 2.24) is 4.90 Å². The normalized spacial score (nSPS) is 16.9. The van der Waals surface area contributed by atoms with Crippen molar-refractivity contribution in [3.05, 3.63) is 21.4 Å². The zero-order valence-corrected chi connectivity index (χ0v) is 11.9. The zero-order chi connectivity index (χ0) is 12.6. The SMILES string of the molecule is CCc1sc(C(=O)N(C)C(C)C2CC2)cc1C. The van der Waals surface area contributed by atoms with E-state index in [4.69, 9.17) is 0 Å². The summed E-state index contributed by atoms with van der Waals surface area (Å²) in [6.07, 6.45) is 3.58. The molecule has 1 aliphatic carbocycles. The molecular formula is C14H21NOS. The van der Waals surface area contributed by atoms with Crippen molar-refractivity contribution in [2.24, 2.45) is 5.92 Å². The lowest BCUT2D eigenvalue weighted by atomic mass is 10.2. The molecule has 1 amide bonds. The van der Waals surface area contributed by atoms with Gasteiger partial charge in [0.2, 0.25) is 0 Å². The van der Waals surface area contributed by atoms with Gasteiger partial charge >= 0.3 is 0 Å². The van der Waals surface area contributed by atoms with E-state index in [0.29, 0.717) is 6.04 Å². The molecule has 94 valence electrons. The molecule has 0 saturated heterocycles. The topological polar surface area (TPSA) is 20.3 Å². The molecule has 0 aromatic carbocycles. The van der Waals surface area contributed by atoms with E-state index < -0.39 is 0 Å². The van der Waals surface area contributed by atoms with E-state index in [-0.39, 0.29) is 5.91 Å². The monoisotopic (exact) mass is 251 g/mol. The molecule has 1 aliphatic rings. The van der Waals surface area contributed by atoms with Crippen LogP contribution in [0.3, 0.4) is 0 Å². The number of carbonyl (C=O) groups is 1. The Morgan fingerprint density at radius 2 is 2.24 bits per heavy atom. The minimum Gasteiger partial charge on any atom is -0.338 e. The maximum absolute atomic E-state index is 12.3. The summed E-state index contributed by atoms with van der Waals surface area (Å²) < 4.78 is 0. The number of nitrogens with zero attached hydrogens (tertiary/aromatic N) is 1. The van der Waals surface area contributed by atoms with Crippen LogP contribution in [0.2, 0.25) is 0 Å². The summed E-state index contributed by atoms with van der Waals surface area (Å²) in [4.78, 5) is 16.5. The van der Waals surface area contributed by atoms with Crippen LogP contribution < -0.4 is 0 Å². The van der Waals surface area contributed by atoms with Gasteiger partial charge in [-0.25, -0.2) is 0 Å². The second-order valence-corrected chi connectivity index (χ2v) is 6.20. The lowest BCUT2D eigenvalue weighted by Gasteiger charge is -2.24. The average Bonchev–Trinajstić information content (AvgIpc) is 3.10. The smallest absolute Gasteiger partial charge is 0.263 e. The van der Waals surface area contributed by atoms with E-state index in [0.717, 1.165) is 17.2 Å². The Morgan fingerprint density at radius 3 is 2.71 bits per heavy atom. The quantitative estimate of drug-likeness (QED) is 0.802. The highest BCUT2D eigenvalue weighted by atomic mass is 32.1. The Morgan fingerprint density at radius 1 is 1.59 bits per heavy atom. The number of hydrogen-bond acceptors (Lipinski definition) is 2. The van der Waals surface area contributed by atoms with Crippen LogP contribution in [-0.4, -0.2) is 23.9 Å². The van der Waals surface area contributed by atoms with Gasteiger partial charge in [0.15, 0.2) is 0 Å². The highest BCUT2D eigenvalue weighted by molar-refractivity contribution is 7.14. The molecule has 0 spiro atoms. The molecule has 2 rings (SSSR count). The Hall–Kier alpha value is -0.830. The fraction of sp³-hybridized carbons (Fsp3) is 0.643. The molecule has 0 radical (unpaired) electrons. The molecule has 2 nitrogen and oxygen atoms in total. The molecule has 0 N–H and O–H groups in total. The fourth-order valence-corrected chi connectivity index (χ4v) is 3.33. The van der Waals surface area contributed by atoms with Crippen molar-refractivity contribution >= 4 is 17.2 Å². The Balaban J connectivity index is 2.12. The first-order valence-electron chi connectivity index (χ1n) is 6.41. The standard InChI is InChI=1S/C14H21NOS/c1-5-12-9(2)8-13(17-12)14(16)15(4)10(3)11-6-7-11/h8,10-11H,5-7H2,1-4H3. The van der Waals surface area contributed by atoms with E-state index >= 15 is 0 Å². The number of carbonyl (C=O) groups excluding carboxylic acids is 1. The van der Waals surface area contributed by atoms with E-state index in [2.05, 4.69) is 20.8 Å². The van der Waals surface area contributed by atoms with Crippen LogP contribution in [0.25, 0.3) is 0 Å². The van der Waals surface area contributed by atoms with Crippen molar-refractivity contribution in [2.75, 3.05) is 7.05 Å². The maximum atomic E-state index is 12.3. The van der Waals surface area contributed by atoms with Crippen LogP contribution in [-0.2, 0) is 6.42 Å². The highest BCUT2D eigenvalue weighted by Crippen LogP contribution is 2.35. The minimum absolute atomic E-state index is 0.192. The van der Waals surface area contributed by atoms with Gasteiger partial charge in [-0.1, -0.05) is 6.92 Å². The Kier molecular flexibility index (Phi) is 3.57. The van der Waals surface area contributed by atoms with Crippen LogP contribution in [0.15, 0.2) is 6.07 Å². The summed E-state index contributed by atoms with van der Waals surface area (Å²) in [7, 11) is 1.94. The van der Waals surface area contributed by atoms with Gasteiger partial charge in [0.05, 0.1) is 4.88 Å². The van der Waals surface area contributed by atoms with Gasteiger partial charge in [0.25, 0.3) is 5.91 Å². The van der Waals surface area contributed by atoms with Crippen LogP contribution in [0.5, 0.6) is 0 Å². The molecule has 1 fully saturated rings. The van der Waals surface area contributed by atoms with Gasteiger partial charge in [-0.3, -0.25) is 4.79 Å². The summed E-state index contributed by atoms with van der Waals surface area (Å²) in [5, 5.41) is 0. The van der Waals surface area contributed by atoms with E-state index in [1.165, 1.54) is 23.3 Å². The highest BCUT2D eigenvalue weighted by Gasteiger charge is 2.33. The van der Waals surface area contributed by atoms with Gasteiger partial charge in [-0.2, -0.15) is 0 Å². The second kappa shape index (κ2) is 4.81. The molecular weight excluding hydrogens is 230 g/mol. The van der Waals surface area contributed by atoms with Crippen LogP contribution in [0, 0.1) is 12.8 Å². The molecule has 3 heteroatoms. The third kappa shape index (κ3) is 2.54. The Bertz CT molecular complexity index is 420. The molecule has 1 aromatic heterocycles. The summed E-state index contributed by atoms with van der Waals surface area (Å²) in [6.45, 7) is 6.40. The number of aryl methyl sites for hydroxylation is 2. The van der Waals surface area contributed by atoms with Crippen molar-refractivity contribution in [3.8, 4) is 0 Å². The van der Waals surface area contributed by atoms with Crippen molar-refractivity contribution in [2.45, 2.75) is 46.1 Å². The van der Waals surface area contributed by atoms with Gasteiger partial charge in [-0.15, -0.1) is 11.3 Å². The lowest BCUT2D eigenvalue weighted by molar-refractivity contribution is 0.0732. The Labute approximate surface area is 108 Å². The van der Waals surface area contributed by atoms with E-state index in [9.17, 15) is 4.79 Å². The summed E-state index contributed by atoms with van der Waals surface area (Å²) in [5.74, 6) is 0.924. The van der Waals surface area contributed by atoms with Crippen LogP contribution in [0.4, 0.5) is 0 Å². The number of hydrogen-bond donors (Lipinski definition) is 0. The average molecular weight is 251 g/mol. The predicted molar refractivity (Wildman–Crippen MR) is 72.7 cm³/mol. The number of thiophene rings is 1. The summed E-state index contributed by atoms with van der Waals surface area (Å²) in [6, 6.07) is 2.43. The van der Waals surface area contributed by atoms with Crippen molar-refractivity contribution < 1.29 is 4.79 Å². The van der Waals surface area contributed by atoms with Gasteiger partial charge in [-0.05, 0) is 50.7 Å². The molecule has 1 heterocycles. The van der Waals surface area contributed by atoms with Crippen molar-refractivity contribution in [3.63, 3.8) is 0 Å². The third-order valence-corrected chi connectivity index (χ3v) is 5.16. The number of amides is 1. The minimum atomic E-state index is 0.192. The zero-order valence-electron chi connectivity index (χ0n) is 11.1. The largest absolute Gasteiger partial charge is 0.338 e.